The molecule has 0 atom stereocenters. The quantitative estimate of drug-likeness (QED) is 0.797. The summed E-state index contributed by atoms with van der Waals surface area (Å²) in [5.74, 6) is 0. The SMILES string of the molecule is COc1ncc(-c2cccc(=S)[nH]2)s1. The van der Waals surface area contributed by atoms with Gasteiger partial charge in [-0.25, -0.2) is 4.98 Å². The van der Waals surface area contributed by atoms with Crippen molar-refractivity contribution in [2.24, 2.45) is 0 Å². The lowest BCUT2D eigenvalue weighted by Crippen LogP contribution is -1.78. The third-order valence-electron chi connectivity index (χ3n) is 1.69. The number of aromatic nitrogens is 2. The second kappa shape index (κ2) is 3.89. The highest BCUT2D eigenvalue weighted by Crippen LogP contribution is 2.28. The van der Waals surface area contributed by atoms with Crippen LogP contribution < -0.4 is 4.74 Å². The average molecular weight is 224 g/mol. The number of hydrogen-bond acceptors (Lipinski definition) is 4. The summed E-state index contributed by atoms with van der Waals surface area (Å²) in [5, 5.41) is 0.656. The van der Waals surface area contributed by atoms with Gasteiger partial charge in [0.25, 0.3) is 5.19 Å². The van der Waals surface area contributed by atoms with Crippen LogP contribution in [0.4, 0.5) is 0 Å². The first kappa shape index (κ1) is 9.36. The van der Waals surface area contributed by atoms with Gasteiger partial charge in [0.1, 0.15) is 4.64 Å². The Morgan fingerprint density at radius 1 is 1.50 bits per heavy atom. The largest absolute Gasteiger partial charge is 0.473 e. The monoisotopic (exact) mass is 224 g/mol. The van der Waals surface area contributed by atoms with E-state index in [9.17, 15) is 0 Å². The molecule has 0 aromatic carbocycles. The Balaban J connectivity index is 2.44. The van der Waals surface area contributed by atoms with E-state index in [0.717, 1.165) is 15.2 Å². The summed E-state index contributed by atoms with van der Waals surface area (Å²) in [6, 6.07) is 5.72. The molecule has 5 heteroatoms. The molecule has 14 heavy (non-hydrogen) atoms. The maximum absolute atomic E-state index is 5.03. The molecular weight excluding hydrogens is 216 g/mol. The van der Waals surface area contributed by atoms with Gasteiger partial charge in [-0.2, -0.15) is 0 Å². The van der Waals surface area contributed by atoms with Crippen LogP contribution in [-0.2, 0) is 0 Å². The van der Waals surface area contributed by atoms with Gasteiger partial charge in [-0.1, -0.05) is 29.6 Å². The van der Waals surface area contributed by atoms with Crippen LogP contribution in [-0.4, -0.2) is 17.1 Å². The maximum atomic E-state index is 5.03. The molecule has 0 aliphatic heterocycles. The second-order valence-electron chi connectivity index (χ2n) is 2.62. The third kappa shape index (κ3) is 1.83. The zero-order chi connectivity index (χ0) is 9.97. The molecule has 3 nitrogen and oxygen atoms in total. The van der Waals surface area contributed by atoms with Crippen LogP contribution in [0.3, 0.4) is 0 Å². The van der Waals surface area contributed by atoms with E-state index >= 15 is 0 Å². The first-order chi connectivity index (χ1) is 6.79. The van der Waals surface area contributed by atoms with Crippen molar-refractivity contribution in [3.05, 3.63) is 29.0 Å². The van der Waals surface area contributed by atoms with Crippen molar-refractivity contribution >= 4 is 23.6 Å². The van der Waals surface area contributed by atoms with Crippen LogP contribution in [0.2, 0.25) is 0 Å². The van der Waals surface area contributed by atoms with E-state index in [1.807, 2.05) is 18.2 Å². The highest BCUT2D eigenvalue weighted by Gasteiger charge is 2.03. The van der Waals surface area contributed by atoms with Crippen molar-refractivity contribution in [1.82, 2.24) is 9.97 Å². The topological polar surface area (TPSA) is 37.9 Å². The highest BCUT2D eigenvalue weighted by atomic mass is 32.1. The fourth-order valence-corrected chi connectivity index (χ4v) is 1.97. The lowest BCUT2D eigenvalue weighted by Gasteiger charge is -1.95. The number of H-pyrrole nitrogens is 1. The molecule has 0 saturated carbocycles. The molecule has 0 saturated heterocycles. The molecule has 0 fully saturated rings. The smallest absolute Gasteiger partial charge is 0.273 e. The molecule has 1 N–H and O–H groups in total. The van der Waals surface area contributed by atoms with Crippen LogP contribution in [0, 0.1) is 4.64 Å². The number of nitrogens with zero attached hydrogens (tertiary/aromatic N) is 1. The first-order valence-corrected chi connectivity index (χ1v) is 5.21. The Morgan fingerprint density at radius 3 is 3.00 bits per heavy atom. The van der Waals surface area contributed by atoms with E-state index in [-0.39, 0.29) is 0 Å². The molecule has 2 rings (SSSR count). The second-order valence-corrected chi connectivity index (χ2v) is 4.06. The van der Waals surface area contributed by atoms with E-state index in [4.69, 9.17) is 17.0 Å². The van der Waals surface area contributed by atoms with Gasteiger partial charge in [0, 0.05) is 0 Å². The number of thiazole rings is 1. The zero-order valence-electron chi connectivity index (χ0n) is 7.48. The van der Waals surface area contributed by atoms with E-state index in [1.165, 1.54) is 11.3 Å². The summed E-state index contributed by atoms with van der Waals surface area (Å²) in [4.78, 5) is 8.20. The highest BCUT2D eigenvalue weighted by molar-refractivity contribution is 7.71. The van der Waals surface area contributed by atoms with Crippen molar-refractivity contribution in [3.63, 3.8) is 0 Å². The predicted molar refractivity (Wildman–Crippen MR) is 59.3 cm³/mol. The van der Waals surface area contributed by atoms with Crippen molar-refractivity contribution in [3.8, 4) is 15.8 Å². The van der Waals surface area contributed by atoms with Crippen molar-refractivity contribution in [2.45, 2.75) is 0 Å². The van der Waals surface area contributed by atoms with Crippen LogP contribution in [0.25, 0.3) is 10.6 Å². The molecular formula is C9H8N2OS2. The standard InChI is InChI=1S/C9H8N2OS2/c1-12-9-10-5-7(14-9)6-3-2-4-8(13)11-6/h2-5H,1H3,(H,11,13). The van der Waals surface area contributed by atoms with Gasteiger partial charge in [0.05, 0.1) is 23.9 Å². The average Bonchev–Trinajstić information content (AvgIpc) is 2.66. The summed E-state index contributed by atoms with van der Waals surface area (Å²) >= 11 is 6.52. The van der Waals surface area contributed by atoms with Gasteiger partial charge >= 0.3 is 0 Å². The van der Waals surface area contributed by atoms with Gasteiger partial charge < -0.3 is 9.72 Å². The molecule has 0 aliphatic carbocycles. The van der Waals surface area contributed by atoms with Crippen LogP contribution >= 0.6 is 23.6 Å². The molecule has 0 radical (unpaired) electrons. The van der Waals surface area contributed by atoms with Crippen LogP contribution in [0.15, 0.2) is 24.4 Å². The summed E-state index contributed by atoms with van der Waals surface area (Å²) in [7, 11) is 1.61. The molecule has 0 amide bonds. The minimum absolute atomic E-state index is 0.656. The van der Waals surface area contributed by atoms with Crippen LogP contribution in [0.1, 0.15) is 0 Å². The molecule has 0 unspecified atom stereocenters. The lowest BCUT2D eigenvalue weighted by molar-refractivity contribution is 0.412. The van der Waals surface area contributed by atoms with Crippen molar-refractivity contribution in [1.29, 1.82) is 0 Å². The van der Waals surface area contributed by atoms with Gasteiger partial charge in [-0.3, -0.25) is 0 Å². The molecule has 0 bridgehead atoms. The Bertz CT molecular complexity index is 489. The molecule has 72 valence electrons. The van der Waals surface area contributed by atoms with Crippen molar-refractivity contribution in [2.75, 3.05) is 7.11 Å². The van der Waals surface area contributed by atoms with Gasteiger partial charge in [-0.05, 0) is 12.1 Å². The fourth-order valence-electron chi connectivity index (χ4n) is 1.07. The van der Waals surface area contributed by atoms with E-state index in [2.05, 4.69) is 9.97 Å². The Morgan fingerprint density at radius 2 is 2.36 bits per heavy atom. The zero-order valence-corrected chi connectivity index (χ0v) is 9.11. The Kier molecular flexibility index (Phi) is 2.60. The van der Waals surface area contributed by atoms with Gasteiger partial charge in [0.2, 0.25) is 0 Å². The Labute approximate surface area is 90.4 Å². The first-order valence-electron chi connectivity index (χ1n) is 3.99. The lowest BCUT2D eigenvalue weighted by atomic mass is 10.3. The Hall–Kier alpha value is -1.20. The predicted octanol–water partition coefficient (Wildman–Crippen LogP) is 2.88. The molecule has 0 aliphatic rings. The van der Waals surface area contributed by atoms with Gasteiger partial charge in [0.15, 0.2) is 0 Å². The molecule has 2 heterocycles. The number of nitrogens with one attached hydrogen (secondary N) is 1. The van der Waals surface area contributed by atoms with E-state index in [0.29, 0.717) is 5.19 Å². The number of rotatable bonds is 2. The number of aromatic amines is 1. The molecule has 0 spiro atoms. The fraction of sp³-hybridized carbons (Fsp3) is 0.111. The van der Waals surface area contributed by atoms with E-state index < -0.39 is 0 Å². The molecule has 2 aromatic rings. The van der Waals surface area contributed by atoms with E-state index in [1.54, 1.807) is 13.3 Å². The van der Waals surface area contributed by atoms with Crippen molar-refractivity contribution < 1.29 is 4.74 Å². The normalized spacial score (nSPS) is 10.1. The minimum Gasteiger partial charge on any atom is -0.473 e. The van der Waals surface area contributed by atoms with Gasteiger partial charge in [-0.15, -0.1) is 0 Å². The number of pyridine rings is 1. The number of methoxy groups -OCH3 is 1. The van der Waals surface area contributed by atoms with Crippen LogP contribution in [0.5, 0.6) is 5.19 Å². The summed E-state index contributed by atoms with van der Waals surface area (Å²) in [6.45, 7) is 0. The number of ether oxygens (including phenoxy) is 1. The maximum Gasteiger partial charge on any atom is 0.273 e. The summed E-state index contributed by atoms with van der Waals surface area (Å²) in [5.41, 5.74) is 0.971. The third-order valence-corrected chi connectivity index (χ3v) is 2.92. The number of hydrogen-bond donors (Lipinski definition) is 1. The molecule has 2 aromatic heterocycles. The summed E-state index contributed by atoms with van der Waals surface area (Å²) in [6.07, 6.45) is 1.77. The minimum atomic E-state index is 0.656. The summed E-state index contributed by atoms with van der Waals surface area (Å²) < 4.78 is 5.73.